The van der Waals surface area contributed by atoms with Crippen LogP contribution < -0.4 is 4.74 Å². The maximum absolute atomic E-state index is 13.4. The molecule has 1 aromatic carbocycles. The first-order chi connectivity index (χ1) is 14.1. The van der Waals surface area contributed by atoms with Gasteiger partial charge in [-0.1, -0.05) is 12.1 Å². The smallest absolute Gasteiger partial charge is 0.274 e. The van der Waals surface area contributed by atoms with Gasteiger partial charge in [-0.15, -0.1) is 0 Å². The Labute approximate surface area is 173 Å². The van der Waals surface area contributed by atoms with E-state index in [1.54, 1.807) is 4.90 Å². The molecular formula is C20H23F2N3O4S. The molecule has 1 aliphatic carbocycles. The molecule has 2 aliphatic rings. The number of nitrogens with zero attached hydrogens (tertiary/aromatic N) is 2. The van der Waals surface area contributed by atoms with Gasteiger partial charge in [0, 0.05) is 43.9 Å². The van der Waals surface area contributed by atoms with Crippen molar-refractivity contribution >= 4 is 15.7 Å². The van der Waals surface area contributed by atoms with Crippen LogP contribution in [0.2, 0.25) is 0 Å². The fourth-order valence-electron chi connectivity index (χ4n) is 3.93. The number of imidazole rings is 1. The van der Waals surface area contributed by atoms with E-state index in [1.807, 2.05) is 18.2 Å². The summed E-state index contributed by atoms with van der Waals surface area (Å²) in [5.74, 6) is -2.26. The predicted octanol–water partition coefficient (Wildman–Crippen LogP) is 2.97. The van der Waals surface area contributed by atoms with Crippen LogP contribution in [-0.2, 0) is 22.8 Å². The number of halogens is 2. The van der Waals surface area contributed by atoms with Crippen LogP contribution in [0, 0.1) is 0 Å². The molecule has 30 heavy (non-hydrogen) atoms. The number of rotatable bonds is 4. The number of hydrogen-bond acceptors (Lipinski definition) is 5. The molecule has 1 aliphatic heterocycles. The number of H-pyrrole nitrogens is 1. The van der Waals surface area contributed by atoms with Gasteiger partial charge in [-0.2, -0.15) is 0 Å². The van der Waals surface area contributed by atoms with Crippen molar-refractivity contribution in [3.63, 3.8) is 0 Å². The first-order valence-corrected chi connectivity index (χ1v) is 11.7. The number of carbonyl (C=O) groups is 1. The molecule has 1 saturated carbocycles. The van der Waals surface area contributed by atoms with Crippen molar-refractivity contribution in [3.05, 3.63) is 41.2 Å². The molecular weight excluding hydrogens is 416 g/mol. The molecule has 7 nitrogen and oxygen atoms in total. The normalized spacial score (nSPS) is 19.4. The Morgan fingerprint density at radius 1 is 1.30 bits per heavy atom. The summed E-state index contributed by atoms with van der Waals surface area (Å²) >= 11 is 0. The zero-order chi connectivity index (χ0) is 21.5. The second-order valence-corrected chi connectivity index (χ2v) is 9.84. The molecule has 0 saturated heterocycles. The Morgan fingerprint density at radius 2 is 2.03 bits per heavy atom. The molecule has 0 spiro atoms. The van der Waals surface area contributed by atoms with Crippen molar-refractivity contribution in [2.24, 2.45) is 0 Å². The minimum absolute atomic E-state index is 0.0504. The monoisotopic (exact) mass is 439 g/mol. The lowest BCUT2D eigenvalue weighted by molar-refractivity contribution is -0.0583. The lowest BCUT2D eigenvalue weighted by atomic mass is 9.93. The van der Waals surface area contributed by atoms with Crippen LogP contribution in [0.4, 0.5) is 8.78 Å². The third-order valence-corrected chi connectivity index (χ3v) is 6.50. The van der Waals surface area contributed by atoms with Crippen LogP contribution in [0.5, 0.6) is 5.75 Å². The number of amides is 1. The Bertz CT molecular complexity index is 1060. The molecule has 1 N–H and O–H groups in total. The number of hydrogen-bond donors (Lipinski definition) is 1. The molecule has 2 heterocycles. The fourth-order valence-corrected chi connectivity index (χ4v) is 4.47. The fraction of sp³-hybridized carbons (Fsp3) is 0.500. The molecule has 1 amide bonds. The Hall–Kier alpha value is -2.49. The van der Waals surface area contributed by atoms with E-state index in [9.17, 15) is 22.0 Å². The molecule has 162 valence electrons. The number of fused-ring (bicyclic) bond motifs is 1. The molecule has 0 bridgehead atoms. The van der Waals surface area contributed by atoms with Crippen molar-refractivity contribution in [1.82, 2.24) is 14.9 Å². The number of sulfone groups is 1. The van der Waals surface area contributed by atoms with E-state index in [-0.39, 0.29) is 35.7 Å². The number of aromatic amines is 1. The van der Waals surface area contributed by atoms with Crippen molar-refractivity contribution in [2.75, 3.05) is 12.8 Å². The predicted molar refractivity (Wildman–Crippen MR) is 104 cm³/mol. The lowest BCUT2D eigenvalue weighted by Crippen LogP contribution is -2.36. The second kappa shape index (κ2) is 7.64. The number of aromatic nitrogens is 2. The number of nitrogens with one attached hydrogen (secondary N) is 1. The van der Waals surface area contributed by atoms with E-state index in [4.69, 9.17) is 4.74 Å². The maximum Gasteiger partial charge on any atom is 0.274 e. The summed E-state index contributed by atoms with van der Waals surface area (Å²) in [6.45, 7) is 0.769. The first kappa shape index (κ1) is 20.8. The highest BCUT2D eigenvalue weighted by molar-refractivity contribution is 7.90. The molecule has 0 radical (unpaired) electrons. The van der Waals surface area contributed by atoms with Gasteiger partial charge in [0.05, 0.1) is 6.10 Å². The van der Waals surface area contributed by atoms with Crippen molar-refractivity contribution in [2.45, 2.75) is 55.8 Å². The van der Waals surface area contributed by atoms with Gasteiger partial charge >= 0.3 is 0 Å². The number of alkyl halides is 2. The molecule has 4 rings (SSSR count). The van der Waals surface area contributed by atoms with Crippen molar-refractivity contribution in [1.29, 1.82) is 0 Å². The van der Waals surface area contributed by atoms with E-state index < -0.39 is 15.8 Å². The van der Waals surface area contributed by atoms with Gasteiger partial charge in [0.2, 0.25) is 20.9 Å². The van der Waals surface area contributed by atoms with E-state index in [0.29, 0.717) is 38.1 Å². The highest BCUT2D eigenvalue weighted by atomic mass is 32.2. The molecule has 0 unspecified atom stereocenters. The third-order valence-electron chi connectivity index (χ3n) is 5.59. The van der Waals surface area contributed by atoms with E-state index in [1.165, 1.54) is 6.20 Å². The zero-order valence-corrected chi connectivity index (χ0v) is 17.3. The Balaban J connectivity index is 1.46. The van der Waals surface area contributed by atoms with Crippen LogP contribution in [0.15, 0.2) is 29.6 Å². The van der Waals surface area contributed by atoms with Gasteiger partial charge in [-0.25, -0.2) is 22.2 Å². The largest absolute Gasteiger partial charge is 0.490 e. The average Bonchev–Trinajstić information content (AvgIpc) is 3.19. The summed E-state index contributed by atoms with van der Waals surface area (Å²) < 4.78 is 56.0. The molecule has 0 atom stereocenters. The van der Waals surface area contributed by atoms with Crippen LogP contribution in [0.3, 0.4) is 0 Å². The van der Waals surface area contributed by atoms with E-state index in [0.717, 1.165) is 17.4 Å². The zero-order valence-electron chi connectivity index (χ0n) is 16.5. The summed E-state index contributed by atoms with van der Waals surface area (Å²) in [5.41, 5.74) is 1.96. The maximum atomic E-state index is 13.4. The summed E-state index contributed by atoms with van der Waals surface area (Å²) in [6.07, 6.45) is 2.98. The number of ether oxygens (including phenoxy) is 1. The van der Waals surface area contributed by atoms with Crippen molar-refractivity contribution < 1.29 is 26.7 Å². The summed E-state index contributed by atoms with van der Waals surface area (Å²) in [4.78, 5) is 20.8. The molecule has 2 aromatic rings. The second-order valence-electron chi connectivity index (χ2n) is 7.91. The Morgan fingerprint density at radius 3 is 2.70 bits per heavy atom. The SMILES string of the molecule is CS(=O)(=O)c1nc(C(=O)N2CCc3c(cccc3OC3CCC(F)(F)CC3)C2)c[nH]1. The van der Waals surface area contributed by atoms with E-state index in [2.05, 4.69) is 9.97 Å². The van der Waals surface area contributed by atoms with E-state index >= 15 is 0 Å². The van der Waals surface area contributed by atoms with Gasteiger partial charge in [-0.3, -0.25) is 4.79 Å². The lowest BCUT2D eigenvalue weighted by Gasteiger charge is -2.32. The van der Waals surface area contributed by atoms with Gasteiger partial charge in [-0.05, 0) is 30.9 Å². The van der Waals surface area contributed by atoms with Crippen LogP contribution in [0.1, 0.15) is 47.3 Å². The highest BCUT2D eigenvalue weighted by Gasteiger charge is 2.36. The number of carbonyl (C=O) groups excluding carboxylic acids is 1. The average molecular weight is 439 g/mol. The van der Waals surface area contributed by atoms with Gasteiger partial charge in [0.25, 0.3) is 5.91 Å². The quantitative estimate of drug-likeness (QED) is 0.791. The van der Waals surface area contributed by atoms with Crippen LogP contribution in [-0.4, -0.2) is 54.0 Å². The number of benzene rings is 1. The molecule has 10 heteroatoms. The van der Waals surface area contributed by atoms with Gasteiger partial charge in [0.15, 0.2) is 0 Å². The first-order valence-electron chi connectivity index (χ1n) is 9.82. The summed E-state index contributed by atoms with van der Waals surface area (Å²) in [5, 5.41) is -0.239. The van der Waals surface area contributed by atoms with Crippen LogP contribution >= 0.6 is 0 Å². The Kier molecular flexibility index (Phi) is 5.29. The van der Waals surface area contributed by atoms with Crippen LogP contribution in [0.25, 0.3) is 0 Å². The van der Waals surface area contributed by atoms with Crippen molar-refractivity contribution in [3.8, 4) is 5.75 Å². The molecule has 1 fully saturated rings. The topological polar surface area (TPSA) is 92.4 Å². The molecule has 1 aromatic heterocycles. The minimum atomic E-state index is -3.52. The third kappa shape index (κ3) is 4.33. The standard InChI is InChI=1S/C20H23F2N3O4S/c1-30(27,28)19-23-11-16(24-19)18(26)25-10-7-15-13(12-25)3-2-4-17(15)29-14-5-8-20(21,22)9-6-14/h2-4,11,14H,5-10,12H2,1H3,(H,23,24). The summed E-state index contributed by atoms with van der Waals surface area (Å²) in [7, 11) is -3.52. The summed E-state index contributed by atoms with van der Waals surface area (Å²) in [6, 6.07) is 5.58. The minimum Gasteiger partial charge on any atom is -0.490 e. The van der Waals surface area contributed by atoms with Gasteiger partial charge in [0.1, 0.15) is 11.4 Å². The van der Waals surface area contributed by atoms with Gasteiger partial charge < -0.3 is 14.6 Å². The highest BCUT2D eigenvalue weighted by Crippen LogP contribution is 2.36.